The van der Waals surface area contributed by atoms with Crippen LogP contribution in [0.1, 0.15) is 26.3 Å². The molecule has 74 valence electrons. The van der Waals surface area contributed by atoms with Gasteiger partial charge < -0.3 is 0 Å². The molecule has 1 N–H and O–H groups in total. The third-order valence-corrected chi connectivity index (χ3v) is 2.08. The fourth-order valence-corrected chi connectivity index (χ4v) is 1.58. The molecule has 0 saturated carbocycles. The minimum absolute atomic E-state index is 0.301. The predicted molar refractivity (Wildman–Crippen MR) is 57.0 cm³/mol. The van der Waals surface area contributed by atoms with Crippen LogP contribution in [0.2, 0.25) is 0 Å². The number of rotatable bonds is 1. The van der Waals surface area contributed by atoms with Crippen LogP contribution in [0.15, 0.2) is 18.5 Å². The summed E-state index contributed by atoms with van der Waals surface area (Å²) in [5.74, 6) is 0. The maximum absolute atomic E-state index is 4.33. The molecule has 0 aliphatic rings. The summed E-state index contributed by atoms with van der Waals surface area (Å²) in [5.41, 5.74) is 3.51. The number of H-pyrrole nitrogens is 1. The molecular formula is C11H15N3. The van der Waals surface area contributed by atoms with E-state index in [4.69, 9.17) is 0 Å². The molecule has 3 nitrogen and oxygen atoms in total. The van der Waals surface area contributed by atoms with Crippen molar-refractivity contribution in [1.29, 1.82) is 0 Å². The topological polar surface area (TPSA) is 41.6 Å². The van der Waals surface area contributed by atoms with E-state index >= 15 is 0 Å². The zero-order valence-electron chi connectivity index (χ0n) is 8.83. The molecule has 0 radical (unpaired) electrons. The molecule has 2 heterocycles. The molecule has 3 heteroatoms. The van der Waals surface area contributed by atoms with Crippen molar-refractivity contribution in [2.24, 2.45) is 5.41 Å². The third kappa shape index (κ3) is 1.92. The Morgan fingerprint density at radius 3 is 2.79 bits per heavy atom. The lowest BCUT2D eigenvalue weighted by Crippen LogP contribution is -2.09. The Labute approximate surface area is 83.6 Å². The Morgan fingerprint density at radius 1 is 1.29 bits per heavy atom. The van der Waals surface area contributed by atoms with Gasteiger partial charge in [-0.15, -0.1) is 0 Å². The fraction of sp³-hybridized carbons (Fsp3) is 0.455. The van der Waals surface area contributed by atoms with Gasteiger partial charge in [0.15, 0.2) is 0 Å². The Bertz CT molecular complexity index is 437. The molecule has 0 bridgehead atoms. The number of nitrogens with zero attached hydrogens (tertiary/aromatic N) is 2. The average molecular weight is 189 g/mol. The Hall–Kier alpha value is -1.38. The van der Waals surface area contributed by atoms with Crippen molar-refractivity contribution in [3.8, 4) is 0 Å². The molecule has 0 amide bonds. The van der Waals surface area contributed by atoms with Crippen LogP contribution in [0.25, 0.3) is 11.0 Å². The van der Waals surface area contributed by atoms with Crippen molar-refractivity contribution in [3.63, 3.8) is 0 Å². The van der Waals surface area contributed by atoms with Crippen LogP contribution in [-0.2, 0) is 6.42 Å². The van der Waals surface area contributed by atoms with Crippen molar-refractivity contribution in [1.82, 2.24) is 15.2 Å². The minimum atomic E-state index is 0.301. The van der Waals surface area contributed by atoms with E-state index in [2.05, 4.69) is 42.0 Å². The quantitative estimate of drug-likeness (QED) is 0.749. The Balaban J connectivity index is 2.35. The van der Waals surface area contributed by atoms with Gasteiger partial charge in [-0.1, -0.05) is 20.8 Å². The van der Waals surface area contributed by atoms with Crippen LogP contribution in [0.5, 0.6) is 0 Å². The third-order valence-electron chi connectivity index (χ3n) is 2.08. The van der Waals surface area contributed by atoms with E-state index in [1.54, 1.807) is 6.20 Å². The highest BCUT2D eigenvalue weighted by Crippen LogP contribution is 2.21. The molecule has 0 unspecified atom stereocenters. The van der Waals surface area contributed by atoms with Gasteiger partial charge in [-0.2, -0.15) is 5.10 Å². The van der Waals surface area contributed by atoms with Gasteiger partial charge in [0.25, 0.3) is 0 Å². The first-order valence-corrected chi connectivity index (χ1v) is 4.83. The second-order valence-corrected chi connectivity index (χ2v) is 4.88. The largest absolute Gasteiger partial charge is 0.276 e. The molecule has 2 aromatic heterocycles. The minimum Gasteiger partial charge on any atom is -0.276 e. The summed E-state index contributed by atoms with van der Waals surface area (Å²) >= 11 is 0. The van der Waals surface area contributed by atoms with Crippen molar-refractivity contribution < 1.29 is 0 Å². The second kappa shape index (κ2) is 3.08. The van der Waals surface area contributed by atoms with E-state index in [1.807, 2.05) is 6.20 Å². The highest BCUT2D eigenvalue weighted by atomic mass is 15.1. The summed E-state index contributed by atoms with van der Waals surface area (Å²) in [7, 11) is 0. The number of hydrogen-bond acceptors (Lipinski definition) is 2. The van der Waals surface area contributed by atoms with E-state index < -0.39 is 0 Å². The lowest BCUT2D eigenvalue weighted by atomic mass is 9.89. The smallest absolute Gasteiger partial charge is 0.108 e. The van der Waals surface area contributed by atoms with E-state index in [1.165, 1.54) is 5.56 Å². The van der Waals surface area contributed by atoms with Gasteiger partial charge in [0.1, 0.15) is 5.52 Å². The summed E-state index contributed by atoms with van der Waals surface area (Å²) < 4.78 is 0. The van der Waals surface area contributed by atoms with Crippen LogP contribution < -0.4 is 0 Å². The number of aromatic amines is 1. The summed E-state index contributed by atoms with van der Waals surface area (Å²) in [5, 5.41) is 6.88. The molecule has 0 aromatic carbocycles. The fourth-order valence-electron chi connectivity index (χ4n) is 1.58. The van der Waals surface area contributed by atoms with Crippen LogP contribution >= 0.6 is 0 Å². The number of aromatic nitrogens is 3. The average Bonchev–Trinajstić information content (AvgIpc) is 2.47. The second-order valence-electron chi connectivity index (χ2n) is 4.88. The summed E-state index contributed by atoms with van der Waals surface area (Å²) in [6, 6.07) is 2.13. The molecule has 0 saturated heterocycles. The van der Waals surface area contributed by atoms with Crippen LogP contribution in [0.4, 0.5) is 0 Å². The lowest BCUT2D eigenvalue weighted by Gasteiger charge is -2.17. The SMILES string of the molecule is CC(C)(C)Cc1cnc2cn[nH]c2c1. The van der Waals surface area contributed by atoms with Gasteiger partial charge in [0, 0.05) is 6.20 Å². The highest BCUT2D eigenvalue weighted by molar-refractivity contribution is 5.73. The monoisotopic (exact) mass is 189 g/mol. The number of fused-ring (bicyclic) bond motifs is 1. The normalized spacial score (nSPS) is 12.2. The Kier molecular flexibility index (Phi) is 2.02. The van der Waals surface area contributed by atoms with Crippen molar-refractivity contribution >= 4 is 11.0 Å². The van der Waals surface area contributed by atoms with E-state index in [0.29, 0.717) is 5.41 Å². The molecule has 2 aromatic rings. The van der Waals surface area contributed by atoms with Crippen molar-refractivity contribution in [2.45, 2.75) is 27.2 Å². The van der Waals surface area contributed by atoms with Crippen molar-refractivity contribution in [2.75, 3.05) is 0 Å². The maximum atomic E-state index is 4.33. The summed E-state index contributed by atoms with van der Waals surface area (Å²) in [6.45, 7) is 6.68. The number of nitrogens with one attached hydrogen (secondary N) is 1. The van der Waals surface area contributed by atoms with Crippen LogP contribution in [0, 0.1) is 5.41 Å². The first kappa shape index (κ1) is 9.19. The van der Waals surface area contributed by atoms with Crippen LogP contribution in [0.3, 0.4) is 0 Å². The number of pyridine rings is 1. The van der Waals surface area contributed by atoms with Crippen LogP contribution in [-0.4, -0.2) is 15.2 Å². The lowest BCUT2D eigenvalue weighted by molar-refractivity contribution is 0.411. The molecular weight excluding hydrogens is 174 g/mol. The van der Waals surface area contributed by atoms with E-state index in [-0.39, 0.29) is 0 Å². The van der Waals surface area contributed by atoms with Gasteiger partial charge >= 0.3 is 0 Å². The van der Waals surface area contributed by atoms with Gasteiger partial charge in [-0.05, 0) is 23.5 Å². The molecule has 2 rings (SSSR count). The summed E-state index contributed by atoms with van der Waals surface area (Å²) in [4.78, 5) is 4.33. The first-order valence-electron chi connectivity index (χ1n) is 4.83. The highest BCUT2D eigenvalue weighted by Gasteiger charge is 2.11. The maximum Gasteiger partial charge on any atom is 0.108 e. The van der Waals surface area contributed by atoms with Crippen molar-refractivity contribution in [3.05, 3.63) is 24.0 Å². The molecule has 0 fully saturated rings. The molecule has 0 aliphatic heterocycles. The van der Waals surface area contributed by atoms with Gasteiger partial charge in [-0.3, -0.25) is 10.1 Å². The zero-order chi connectivity index (χ0) is 10.2. The standard InChI is InChI=1S/C11H15N3/c1-11(2,3)5-8-4-9-10(12-6-8)7-13-14-9/h4,6-7H,5H2,1-3H3,(H,13,14). The molecule has 0 atom stereocenters. The van der Waals surface area contributed by atoms with Gasteiger partial charge in [0.2, 0.25) is 0 Å². The Morgan fingerprint density at radius 2 is 2.07 bits per heavy atom. The predicted octanol–water partition coefficient (Wildman–Crippen LogP) is 2.55. The van der Waals surface area contributed by atoms with E-state index in [0.717, 1.165) is 17.5 Å². The molecule has 0 aliphatic carbocycles. The first-order chi connectivity index (χ1) is 6.54. The van der Waals surface area contributed by atoms with Gasteiger partial charge in [0.05, 0.1) is 11.7 Å². The zero-order valence-corrected chi connectivity index (χ0v) is 8.83. The molecule has 14 heavy (non-hydrogen) atoms. The molecule has 0 spiro atoms. The number of hydrogen-bond donors (Lipinski definition) is 1. The van der Waals surface area contributed by atoms with E-state index in [9.17, 15) is 0 Å². The summed E-state index contributed by atoms with van der Waals surface area (Å²) in [6.07, 6.45) is 4.72. The van der Waals surface area contributed by atoms with Gasteiger partial charge in [-0.25, -0.2) is 0 Å².